The summed E-state index contributed by atoms with van der Waals surface area (Å²) in [6.07, 6.45) is 4.15. The van der Waals surface area contributed by atoms with Crippen LogP contribution in [-0.2, 0) is 6.42 Å². The molecule has 1 aliphatic heterocycles. The predicted molar refractivity (Wildman–Crippen MR) is 129 cm³/mol. The number of hydrogen-bond donors (Lipinski definition) is 3. The van der Waals surface area contributed by atoms with Gasteiger partial charge in [0.1, 0.15) is 29.3 Å². The van der Waals surface area contributed by atoms with Crippen molar-refractivity contribution in [3.05, 3.63) is 71.8 Å². The van der Waals surface area contributed by atoms with Crippen LogP contribution in [0.15, 0.2) is 60.7 Å². The maximum atomic E-state index is 10.9. The Labute approximate surface area is 196 Å². The van der Waals surface area contributed by atoms with E-state index in [2.05, 4.69) is 12.1 Å². The molecule has 1 saturated carbocycles. The zero-order valence-electron chi connectivity index (χ0n) is 19.9. The van der Waals surface area contributed by atoms with E-state index < -0.39 is 23.4 Å². The van der Waals surface area contributed by atoms with Crippen molar-refractivity contribution in [3.8, 4) is 11.5 Å². The van der Waals surface area contributed by atoms with Gasteiger partial charge < -0.3 is 24.8 Å². The number of aliphatic hydroxyl groups excluding tert-OH is 2. The highest BCUT2D eigenvalue weighted by molar-refractivity contribution is 5.49. The molecule has 2 aliphatic rings. The maximum absolute atomic E-state index is 10.9. The van der Waals surface area contributed by atoms with Crippen LogP contribution in [0.1, 0.15) is 57.6 Å². The average molecular weight is 453 g/mol. The van der Waals surface area contributed by atoms with E-state index in [1.165, 1.54) is 0 Å². The third-order valence-electron chi connectivity index (χ3n) is 6.85. The minimum Gasteiger partial charge on any atom is -0.489 e. The fourth-order valence-corrected chi connectivity index (χ4v) is 4.92. The number of fused-ring (bicyclic) bond motifs is 3. The second-order valence-electron chi connectivity index (χ2n) is 10.6. The van der Waals surface area contributed by atoms with Crippen molar-refractivity contribution in [1.82, 2.24) is 0 Å². The van der Waals surface area contributed by atoms with Crippen molar-refractivity contribution < 1.29 is 24.8 Å². The lowest BCUT2D eigenvalue weighted by molar-refractivity contribution is -0.00221. The number of hydrogen-bond acceptors (Lipinski definition) is 5. The Morgan fingerprint density at radius 3 is 2.52 bits per heavy atom. The maximum Gasteiger partial charge on any atom is 0.133 e. The monoisotopic (exact) mass is 452 g/mol. The molecule has 1 heterocycles. The molecule has 178 valence electrons. The fraction of sp³-hybridized carbons (Fsp3) is 0.500. The van der Waals surface area contributed by atoms with E-state index >= 15 is 0 Å². The van der Waals surface area contributed by atoms with Crippen molar-refractivity contribution in [2.24, 2.45) is 5.92 Å². The van der Waals surface area contributed by atoms with Crippen LogP contribution in [0.4, 0.5) is 0 Å². The van der Waals surface area contributed by atoms with Gasteiger partial charge in [0.15, 0.2) is 0 Å². The van der Waals surface area contributed by atoms with E-state index in [9.17, 15) is 15.3 Å². The number of aliphatic hydroxyl groups is 3. The molecule has 3 N–H and O–H groups in total. The summed E-state index contributed by atoms with van der Waals surface area (Å²) in [4.78, 5) is 0. The Morgan fingerprint density at radius 2 is 1.82 bits per heavy atom. The standard InChI is InChI=1S/C28H36O5/c1-27(2,31)16-15-18-9-8-12-21-25-20(22(29)17-23(25)32-26(18)21)13-14-24(30)28(3,4)33-19-10-6-5-7-11-19/h5-14,20,22-25,29-31H,15-17H2,1-4H3/t20-,22+,23-,24+,25-/m0/s1. The molecular weight excluding hydrogens is 416 g/mol. The zero-order valence-corrected chi connectivity index (χ0v) is 19.9. The Morgan fingerprint density at radius 1 is 1.09 bits per heavy atom. The Hall–Kier alpha value is -2.34. The van der Waals surface area contributed by atoms with Crippen LogP contribution in [0.5, 0.6) is 11.5 Å². The summed E-state index contributed by atoms with van der Waals surface area (Å²) < 4.78 is 12.3. The van der Waals surface area contributed by atoms with Gasteiger partial charge in [0.25, 0.3) is 0 Å². The van der Waals surface area contributed by atoms with Crippen LogP contribution >= 0.6 is 0 Å². The molecule has 2 aromatic carbocycles. The molecule has 0 unspecified atom stereocenters. The largest absolute Gasteiger partial charge is 0.489 e. The molecule has 0 amide bonds. The van der Waals surface area contributed by atoms with Crippen molar-refractivity contribution in [2.75, 3.05) is 0 Å². The summed E-state index contributed by atoms with van der Waals surface area (Å²) in [6.45, 7) is 7.34. The lowest BCUT2D eigenvalue weighted by Crippen LogP contribution is -2.41. The molecule has 5 nitrogen and oxygen atoms in total. The van der Waals surface area contributed by atoms with Crippen molar-refractivity contribution in [3.63, 3.8) is 0 Å². The number of para-hydroxylation sites is 2. The SMILES string of the molecule is CC(C)(O)CCc1cccc2c1O[C@H]1C[C@@H](O)[C@H](C=C[C@@H](O)C(C)(C)Oc3ccccc3)[C@@H]21. The van der Waals surface area contributed by atoms with Crippen molar-refractivity contribution in [1.29, 1.82) is 0 Å². The zero-order chi connectivity index (χ0) is 23.8. The van der Waals surface area contributed by atoms with Crippen LogP contribution in [0, 0.1) is 5.92 Å². The van der Waals surface area contributed by atoms with Crippen LogP contribution in [-0.4, -0.2) is 44.8 Å². The van der Waals surface area contributed by atoms with Gasteiger partial charge in [-0.25, -0.2) is 0 Å². The summed E-state index contributed by atoms with van der Waals surface area (Å²) >= 11 is 0. The van der Waals surface area contributed by atoms with Crippen LogP contribution in [0.25, 0.3) is 0 Å². The van der Waals surface area contributed by atoms with Crippen molar-refractivity contribution in [2.45, 2.75) is 82.4 Å². The molecule has 0 bridgehead atoms. The van der Waals surface area contributed by atoms with E-state index in [1.807, 2.05) is 70.2 Å². The normalized spacial score (nSPS) is 25.5. The number of aryl methyl sites for hydroxylation is 1. The molecular formula is C28H36O5. The lowest BCUT2D eigenvalue weighted by atomic mass is 9.85. The van der Waals surface area contributed by atoms with Crippen LogP contribution < -0.4 is 9.47 Å². The summed E-state index contributed by atoms with van der Waals surface area (Å²) in [6, 6.07) is 15.6. The number of benzene rings is 2. The molecule has 0 aromatic heterocycles. The molecule has 4 rings (SSSR count). The smallest absolute Gasteiger partial charge is 0.133 e. The van der Waals surface area contributed by atoms with Gasteiger partial charge in [0.2, 0.25) is 0 Å². The molecule has 2 aromatic rings. The topological polar surface area (TPSA) is 79.2 Å². The van der Waals surface area contributed by atoms with Crippen molar-refractivity contribution >= 4 is 0 Å². The molecule has 5 atom stereocenters. The van der Waals surface area contributed by atoms with E-state index in [0.29, 0.717) is 18.6 Å². The van der Waals surface area contributed by atoms with Crippen LogP contribution in [0.3, 0.4) is 0 Å². The molecule has 0 saturated heterocycles. The van der Waals surface area contributed by atoms with Gasteiger partial charge in [-0.3, -0.25) is 0 Å². The van der Waals surface area contributed by atoms with Gasteiger partial charge in [-0.2, -0.15) is 0 Å². The molecule has 0 spiro atoms. The first-order chi connectivity index (χ1) is 15.5. The summed E-state index contributed by atoms with van der Waals surface area (Å²) in [7, 11) is 0. The highest BCUT2D eigenvalue weighted by Gasteiger charge is 2.49. The van der Waals surface area contributed by atoms with Gasteiger partial charge in [0.05, 0.1) is 11.7 Å². The first-order valence-corrected chi connectivity index (χ1v) is 11.8. The summed E-state index contributed by atoms with van der Waals surface area (Å²) in [5.41, 5.74) is 0.644. The number of ether oxygens (including phenoxy) is 2. The first kappa shape index (κ1) is 23.8. The van der Waals surface area contributed by atoms with E-state index in [-0.39, 0.29) is 17.9 Å². The van der Waals surface area contributed by atoms with Gasteiger partial charge >= 0.3 is 0 Å². The summed E-state index contributed by atoms with van der Waals surface area (Å²) in [5.74, 6) is 1.49. The third-order valence-corrected chi connectivity index (χ3v) is 6.85. The van der Waals surface area contributed by atoms with E-state index in [4.69, 9.17) is 9.47 Å². The van der Waals surface area contributed by atoms with Gasteiger partial charge in [-0.15, -0.1) is 0 Å². The first-order valence-electron chi connectivity index (χ1n) is 11.8. The molecule has 1 fully saturated rings. The Balaban J connectivity index is 1.51. The molecule has 5 heteroatoms. The van der Waals surface area contributed by atoms with E-state index in [0.717, 1.165) is 23.3 Å². The average Bonchev–Trinajstić information content (AvgIpc) is 3.25. The highest BCUT2D eigenvalue weighted by atomic mass is 16.5. The fourth-order valence-electron chi connectivity index (χ4n) is 4.92. The predicted octanol–water partition coefficient (Wildman–Crippen LogP) is 4.39. The van der Waals surface area contributed by atoms with E-state index in [1.54, 1.807) is 6.08 Å². The Bertz CT molecular complexity index is 976. The quantitative estimate of drug-likeness (QED) is 0.518. The van der Waals surface area contributed by atoms with Gasteiger partial charge in [-0.05, 0) is 58.2 Å². The molecule has 33 heavy (non-hydrogen) atoms. The summed E-state index contributed by atoms with van der Waals surface area (Å²) in [5, 5.41) is 31.8. The second kappa shape index (κ2) is 9.13. The van der Waals surface area contributed by atoms with Gasteiger partial charge in [0, 0.05) is 23.8 Å². The van der Waals surface area contributed by atoms with Crippen LogP contribution in [0.2, 0.25) is 0 Å². The molecule has 0 radical (unpaired) electrons. The van der Waals surface area contributed by atoms with Gasteiger partial charge in [-0.1, -0.05) is 48.6 Å². The minimum atomic E-state index is -0.844. The Kier molecular flexibility index (Phi) is 6.59. The number of rotatable bonds is 8. The second-order valence-corrected chi connectivity index (χ2v) is 10.6. The molecule has 1 aliphatic carbocycles. The third kappa shape index (κ3) is 5.26. The highest BCUT2D eigenvalue weighted by Crippen LogP contribution is 2.52. The minimum absolute atomic E-state index is 0.0405. The lowest BCUT2D eigenvalue weighted by Gasteiger charge is -2.30.